The number of ether oxygens (including phenoxy) is 1. The number of nitrogens with one attached hydrogen (secondary N) is 1. The molecule has 0 bridgehead atoms. The first kappa shape index (κ1) is 11.2. The van der Waals surface area contributed by atoms with E-state index in [0.29, 0.717) is 5.88 Å². The van der Waals surface area contributed by atoms with Crippen LogP contribution in [0.2, 0.25) is 0 Å². The van der Waals surface area contributed by atoms with Gasteiger partial charge in [0.1, 0.15) is 5.75 Å². The molecule has 0 saturated heterocycles. The van der Waals surface area contributed by atoms with E-state index in [9.17, 15) is 0 Å². The third-order valence-corrected chi connectivity index (χ3v) is 2.34. The third-order valence-electron chi connectivity index (χ3n) is 2.15. The van der Waals surface area contributed by atoms with Gasteiger partial charge in [0.2, 0.25) is 0 Å². The lowest BCUT2D eigenvalue weighted by molar-refractivity contribution is 0.411. The summed E-state index contributed by atoms with van der Waals surface area (Å²) in [6.45, 7) is 4.87. The third kappa shape index (κ3) is 2.55. The van der Waals surface area contributed by atoms with Crippen molar-refractivity contribution >= 4 is 17.3 Å². The monoisotopic (exact) mass is 213 g/mol. The van der Waals surface area contributed by atoms with Crippen LogP contribution in [0.15, 0.2) is 12.1 Å². The standard InChI is InChI=1S/C11H16ClNO/c1-8-7-11(14-3)9(2)6-10(8)13-5-4-12/h6-7,13H,4-5H2,1-3H3. The van der Waals surface area contributed by atoms with Crippen LogP contribution in [0.5, 0.6) is 5.75 Å². The normalized spacial score (nSPS) is 10.0. The number of hydrogen-bond acceptors (Lipinski definition) is 2. The van der Waals surface area contributed by atoms with Gasteiger partial charge in [0.25, 0.3) is 0 Å². The van der Waals surface area contributed by atoms with E-state index in [1.807, 2.05) is 13.0 Å². The number of halogens is 1. The number of methoxy groups -OCH3 is 1. The lowest BCUT2D eigenvalue weighted by atomic mass is 10.1. The molecule has 1 rings (SSSR count). The predicted octanol–water partition coefficient (Wildman–Crippen LogP) is 2.96. The van der Waals surface area contributed by atoms with Crippen LogP contribution in [0.25, 0.3) is 0 Å². The van der Waals surface area contributed by atoms with E-state index in [-0.39, 0.29) is 0 Å². The van der Waals surface area contributed by atoms with E-state index in [1.54, 1.807) is 7.11 Å². The molecule has 0 aliphatic rings. The van der Waals surface area contributed by atoms with Gasteiger partial charge < -0.3 is 10.1 Å². The van der Waals surface area contributed by atoms with Gasteiger partial charge in [0.05, 0.1) is 7.11 Å². The molecule has 0 spiro atoms. The van der Waals surface area contributed by atoms with Crippen molar-refractivity contribution in [2.24, 2.45) is 0 Å². The lowest BCUT2D eigenvalue weighted by Gasteiger charge is -2.12. The Labute approximate surface area is 90.2 Å². The molecule has 1 N–H and O–H groups in total. The Hall–Kier alpha value is -0.890. The Balaban J connectivity index is 2.90. The molecule has 78 valence electrons. The van der Waals surface area contributed by atoms with Crippen LogP contribution < -0.4 is 10.1 Å². The Kier molecular flexibility index (Phi) is 4.08. The molecule has 0 aromatic heterocycles. The van der Waals surface area contributed by atoms with Crippen molar-refractivity contribution in [3.05, 3.63) is 23.3 Å². The second-order valence-corrected chi connectivity index (χ2v) is 3.63. The summed E-state index contributed by atoms with van der Waals surface area (Å²) in [4.78, 5) is 0. The van der Waals surface area contributed by atoms with Gasteiger partial charge in [-0.25, -0.2) is 0 Å². The summed E-state index contributed by atoms with van der Waals surface area (Å²) >= 11 is 5.61. The number of alkyl halides is 1. The fraction of sp³-hybridized carbons (Fsp3) is 0.455. The van der Waals surface area contributed by atoms with Gasteiger partial charge in [-0.1, -0.05) is 0 Å². The molecule has 0 fully saturated rings. The molecule has 3 heteroatoms. The maximum Gasteiger partial charge on any atom is 0.122 e. The van der Waals surface area contributed by atoms with Crippen LogP contribution in [0.1, 0.15) is 11.1 Å². The summed E-state index contributed by atoms with van der Waals surface area (Å²) in [7, 11) is 1.69. The second kappa shape index (κ2) is 5.11. The predicted molar refractivity (Wildman–Crippen MR) is 61.7 cm³/mol. The lowest BCUT2D eigenvalue weighted by Crippen LogP contribution is -2.04. The Morgan fingerprint density at radius 1 is 1.29 bits per heavy atom. The summed E-state index contributed by atoms with van der Waals surface area (Å²) in [6, 6.07) is 4.12. The number of hydrogen-bond donors (Lipinski definition) is 1. The van der Waals surface area contributed by atoms with Crippen LogP contribution in [-0.2, 0) is 0 Å². The van der Waals surface area contributed by atoms with Gasteiger partial charge in [-0.15, -0.1) is 11.6 Å². The van der Waals surface area contributed by atoms with Gasteiger partial charge in [0.15, 0.2) is 0 Å². The van der Waals surface area contributed by atoms with Crippen LogP contribution in [0.4, 0.5) is 5.69 Å². The molecule has 0 heterocycles. The molecule has 0 aliphatic heterocycles. The Morgan fingerprint density at radius 3 is 2.57 bits per heavy atom. The molecule has 14 heavy (non-hydrogen) atoms. The van der Waals surface area contributed by atoms with Crippen LogP contribution in [0.3, 0.4) is 0 Å². The van der Waals surface area contributed by atoms with Gasteiger partial charge in [-0.05, 0) is 37.1 Å². The highest BCUT2D eigenvalue weighted by Crippen LogP contribution is 2.25. The average Bonchev–Trinajstić information content (AvgIpc) is 2.18. The van der Waals surface area contributed by atoms with E-state index in [0.717, 1.165) is 23.5 Å². The van der Waals surface area contributed by atoms with Crippen molar-refractivity contribution in [3.8, 4) is 5.75 Å². The van der Waals surface area contributed by atoms with Crippen molar-refractivity contribution in [1.29, 1.82) is 0 Å². The first-order valence-corrected chi connectivity index (χ1v) is 5.17. The van der Waals surface area contributed by atoms with Crippen LogP contribution in [0, 0.1) is 13.8 Å². The van der Waals surface area contributed by atoms with Crippen molar-refractivity contribution < 1.29 is 4.74 Å². The molecule has 1 aromatic carbocycles. The average molecular weight is 214 g/mol. The van der Waals surface area contributed by atoms with E-state index in [1.165, 1.54) is 5.56 Å². The number of rotatable bonds is 4. The first-order chi connectivity index (χ1) is 6.69. The maximum atomic E-state index is 5.61. The maximum absolute atomic E-state index is 5.61. The SMILES string of the molecule is COc1cc(C)c(NCCCl)cc1C. The number of anilines is 1. The van der Waals surface area contributed by atoms with Crippen molar-refractivity contribution in [2.75, 3.05) is 24.9 Å². The minimum Gasteiger partial charge on any atom is -0.496 e. The molecular formula is C11H16ClNO. The summed E-state index contributed by atoms with van der Waals surface area (Å²) in [5.41, 5.74) is 3.44. The Bertz CT molecular complexity index is 312. The van der Waals surface area contributed by atoms with Crippen LogP contribution >= 0.6 is 11.6 Å². The van der Waals surface area contributed by atoms with Crippen LogP contribution in [-0.4, -0.2) is 19.5 Å². The fourth-order valence-electron chi connectivity index (χ4n) is 1.38. The highest BCUT2D eigenvalue weighted by atomic mass is 35.5. The van der Waals surface area contributed by atoms with E-state index < -0.39 is 0 Å². The smallest absolute Gasteiger partial charge is 0.122 e. The Morgan fingerprint density at radius 2 is 2.00 bits per heavy atom. The largest absolute Gasteiger partial charge is 0.496 e. The minimum atomic E-state index is 0.616. The highest BCUT2D eigenvalue weighted by Gasteiger charge is 2.03. The van der Waals surface area contributed by atoms with E-state index >= 15 is 0 Å². The quantitative estimate of drug-likeness (QED) is 0.777. The topological polar surface area (TPSA) is 21.3 Å². The fourth-order valence-corrected chi connectivity index (χ4v) is 1.48. The molecule has 0 saturated carbocycles. The summed E-state index contributed by atoms with van der Waals surface area (Å²) < 4.78 is 5.23. The number of benzene rings is 1. The summed E-state index contributed by atoms with van der Waals surface area (Å²) in [6.07, 6.45) is 0. The minimum absolute atomic E-state index is 0.616. The molecule has 0 unspecified atom stereocenters. The van der Waals surface area contributed by atoms with Gasteiger partial charge in [-0.3, -0.25) is 0 Å². The number of aryl methyl sites for hydroxylation is 2. The zero-order valence-electron chi connectivity index (χ0n) is 8.86. The molecule has 0 radical (unpaired) electrons. The highest BCUT2D eigenvalue weighted by molar-refractivity contribution is 6.18. The van der Waals surface area contributed by atoms with E-state index in [4.69, 9.17) is 16.3 Å². The first-order valence-electron chi connectivity index (χ1n) is 4.64. The summed E-state index contributed by atoms with van der Waals surface area (Å²) in [5.74, 6) is 1.55. The van der Waals surface area contributed by atoms with Gasteiger partial charge in [-0.2, -0.15) is 0 Å². The zero-order valence-corrected chi connectivity index (χ0v) is 9.61. The zero-order chi connectivity index (χ0) is 10.6. The molecule has 0 atom stereocenters. The molecule has 1 aromatic rings. The summed E-state index contributed by atoms with van der Waals surface area (Å²) in [5, 5.41) is 3.27. The van der Waals surface area contributed by atoms with Gasteiger partial charge in [0, 0.05) is 18.1 Å². The van der Waals surface area contributed by atoms with Crippen molar-refractivity contribution in [1.82, 2.24) is 0 Å². The second-order valence-electron chi connectivity index (χ2n) is 3.25. The van der Waals surface area contributed by atoms with Crippen molar-refractivity contribution in [2.45, 2.75) is 13.8 Å². The molecule has 0 amide bonds. The molecule has 2 nitrogen and oxygen atoms in total. The van der Waals surface area contributed by atoms with E-state index in [2.05, 4.69) is 18.3 Å². The molecular weight excluding hydrogens is 198 g/mol. The van der Waals surface area contributed by atoms with Gasteiger partial charge >= 0.3 is 0 Å². The van der Waals surface area contributed by atoms with Crippen molar-refractivity contribution in [3.63, 3.8) is 0 Å². The molecule has 0 aliphatic carbocycles.